The molecule has 1 saturated heterocycles. The van der Waals surface area contributed by atoms with E-state index in [9.17, 15) is 18.0 Å². The summed E-state index contributed by atoms with van der Waals surface area (Å²) in [6, 6.07) is 13.2. The smallest absolute Gasteiger partial charge is 0.416 e. The van der Waals surface area contributed by atoms with Gasteiger partial charge in [0.25, 0.3) is 0 Å². The van der Waals surface area contributed by atoms with Crippen molar-refractivity contribution < 1.29 is 27.4 Å². The fourth-order valence-electron chi connectivity index (χ4n) is 4.79. The van der Waals surface area contributed by atoms with Crippen LogP contribution in [0.15, 0.2) is 48.5 Å². The molecule has 178 valence electrons. The second-order valence-electron chi connectivity index (χ2n) is 8.67. The molecule has 0 radical (unpaired) electrons. The zero-order valence-corrected chi connectivity index (χ0v) is 18.6. The van der Waals surface area contributed by atoms with Crippen LogP contribution in [0.5, 0.6) is 5.75 Å². The Balaban J connectivity index is 1.45. The third-order valence-electron chi connectivity index (χ3n) is 6.62. The summed E-state index contributed by atoms with van der Waals surface area (Å²) < 4.78 is 49.1. The van der Waals surface area contributed by atoms with Gasteiger partial charge in [-0.2, -0.15) is 13.2 Å². The van der Waals surface area contributed by atoms with E-state index in [0.29, 0.717) is 39.3 Å². The van der Waals surface area contributed by atoms with E-state index in [1.165, 1.54) is 12.1 Å². The van der Waals surface area contributed by atoms with E-state index < -0.39 is 11.7 Å². The summed E-state index contributed by atoms with van der Waals surface area (Å²) in [5, 5.41) is 3.46. The van der Waals surface area contributed by atoms with Crippen LogP contribution >= 0.6 is 0 Å². The first-order chi connectivity index (χ1) is 15.8. The van der Waals surface area contributed by atoms with Gasteiger partial charge in [-0.1, -0.05) is 24.3 Å². The van der Waals surface area contributed by atoms with Gasteiger partial charge in [0.1, 0.15) is 5.75 Å². The Hall–Kier alpha value is -2.58. The van der Waals surface area contributed by atoms with Gasteiger partial charge < -0.3 is 19.7 Å². The molecule has 2 aromatic rings. The van der Waals surface area contributed by atoms with Crippen molar-refractivity contribution in [1.82, 2.24) is 10.2 Å². The molecule has 8 heteroatoms. The maximum atomic E-state index is 13.4. The molecule has 1 aliphatic carbocycles. The zero-order valence-electron chi connectivity index (χ0n) is 18.6. The standard InChI is InChI=1S/C25H29F3N2O3/c1-32-21-8-4-18(5-9-21)22-14-20(15-23(22)24(31)30-10-12-33-13-11-30)29-16-17-2-6-19(7-3-17)25(26,27)28/h2-9,20,22-23,29H,10-16H2,1H3/t20-,22+,23-/m0/s1. The first-order valence-corrected chi connectivity index (χ1v) is 11.2. The molecule has 4 rings (SSSR count). The van der Waals surface area contributed by atoms with Crippen LogP contribution in [-0.4, -0.2) is 50.3 Å². The van der Waals surface area contributed by atoms with E-state index >= 15 is 0 Å². The number of nitrogens with zero attached hydrogens (tertiary/aromatic N) is 1. The molecule has 0 spiro atoms. The van der Waals surface area contributed by atoms with E-state index in [2.05, 4.69) is 5.32 Å². The number of carbonyl (C=O) groups excluding carboxylic acids is 1. The molecule has 1 saturated carbocycles. The van der Waals surface area contributed by atoms with Crippen molar-refractivity contribution in [3.8, 4) is 5.75 Å². The summed E-state index contributed by atoms with van der Waals surface area (Å²) in [5.74, 6) is 0.834. The predicted molar refractivity (Wildman–Crippen MR) is 118 cm³/mol. The number of benzene rings is 2. The lowest BCUT2D eigenvalue weighted by molar-refractivity contribution is -0.140. The average molecular weight is 463 g/mol. The maximum absolute atomic E-state index is 13.4. The molecule has 0 aromatic heterocycles. The van der Waals surface area contributed by atoms with Gasteiger partial charge in [-0.3, -0.25) is 4.79 Å². The Morgan fingerprint density at radius 3 is 2.33 bits per heavy atom. The fraction of sp³-hybridized carbons (Fsp3) is 0.480. The van der Waals surface area contributed by atoms with E-state index in [4.69, 9.17) is 9.47 Å². The van der Waals surface area contributed by atoms with Crippen molar-refractivity contribution in [1.29, 1.82) is 0 Å². The minimum Gasteiger partial charge on any atom is -0.497 e. The number of amides is 1. The summed E-state index contributed by atoms with van der Waals surface area (Å²) in [6.07, 6.45) is -2.86. The highest BCUT2D eigenvalue weighted by atomic mass is 19.4. The number of carbonyl (C=O) groups is 1. The van der Waals surface area contributed by atoms with Crippen LogP contribution in [0, 0.1) is 5.92 Å². The lowest BCUT2D eigenvalue weighted by Crippen LogP contribution is -2.44. The van der Waals surface area contributed by atoms with Crippen LogP contribution in [0.1, 0.15) is 35.4 Å². The first-order valence-electron chi connectivity index (χ1n) is 11.2. The fourth-order valence-corrected chi connectivity index (χ4v) is 4.79. The average Bonchev–Trinajstić information content (AvgIpc) is 3.27. The van der Waals surface area contributed by atoms with Gasteiger partial charge in [-0.05, 0) is 54.2 Å². The van der Waals surface area contributed by atoms with Crippen molar-refractivity contribution in [2.75, 3.05) is 33.4 Å². The molecule has 1 amide bonds. The predicted octanol–water partition coefficient (Wildman–Crippen LogP) is 4.22. The summed E-state index contributed by atoms with van der Waals surface area (Å²) >= 11 is 0. The monoisotopic (exact) mass is 462 g/mol. The van der Waals surface area contributed by atoms with Crippen molar-refractivity contribution in [2.24, 2.45) is 5.92 Å². The van der Waals surface area contributed by atoms with Gasteiger partial charge >= 0.3 is 6.18 Å². The minimum absolute atomic E-state index is 0.0661. The number of nitrogens with one attached hydrogen (secondary N) is 1. The Morgan fingerprint density at radius 1 is 1.06 bits per heavy atom. The Bertz CT molecular complexity index is 925. The van der Waals surface area contributed by atoms with Crippen molar-refractivity contribution in [2.45, 2.75) is 37.5 Å². The highest BCUT2D eigenvalue weighted by Crippen LogP contribution is 2.41. The molecule has 1 N–H and O–H groups in total. The summed E-state index contributed by atoms with van der Waals surface area (Å²) in [6.45, 7) is 2.78. The van der Waals surface area contributed by atoms with Crippen LogP contribution in [0.3, 0.4) is 0 Å². The summed E-state index contributed by atoms with van der Waals surface area (Å²) in [5.41, 5.74) is 1.23. The first kappa shape index (κ1) is 23.6. The highest BCUT2D eigenvalue weighted by molar-refractivity contribution is 5.80. The number of rotatable bonds is 6. The Labute approximate surface area is 191 Å². The second kappa shape index (κ2) is 10.1. The third kappa shape index (κ3) is 5.68. The van der Waals surface area contributed by atoms with Crippen LogP contribution < -0.4 is 10.1 Å². The van der Waals surface area contributed by atoms with Crippen molar-refractivity contribution >= 4 is 5.91 Å². The normalized spacial score (nSPS) is 23.5. The number of alkyl halides is 3. The van der Waals surface area contributed by atoms with Crippen LogP contribution in [0.25, 0.3) is 0 Å². The minimum atomic E-state index is -4.34. The van der Waals surface area contributed by atoms with Crippen LogP contribution in [0.4, 0.5) is 13.2 Å². The maximum Gasteiger partial charge on any atom is 0.416 e. The Morgan fingerprint density at radius 2 is 1.73 bits per heavy atom. The third-order valence-corrected chi connectivity index (χ3v) is 6.62. The summed E-state index contributed by atoms with van der Waals surface area (Å²) in [7, 11) is 1.62. The van der Waals surface area contributed by atoms with Crippen molar-refractivity contribution in [3.63, 3.8) is 0 Å². The molecule has 2 fully saturated rings. The molecule has 2 aliphatic rings. The number of ether oxygens (including phenoxy) is 2. The molecule has 5 nitrogen and oxygen atoms in total. The lowest BCUT2D eigenvalue weighted by Gasteiger charge is -2.31. The van der Waals surface area contributed by atoms with Gasteiger partial charge in [0, 0.05) is 31.6 Å². The highest BCUT2D eigenvalue weighted by Gasteiger charge is 2.41. The van der Waals surface area contributed by atoms with Crippen LogP contribution in [-0.2, 0) is 22.3 Å². The van der Waals surface area contributed by atoms with Gasteiger partial charge in [0.15, 0.2) is 0 Å². The molecular formula is C25H29F3N2O3. The quantitative estimate of drug-likeness (QED) is 0.698. The molecule has 3 atom stereocenters. The van der Waals surface area contributed by atoms with E-state index in [0.717, 1.165) is 35.4 Å². The van der Waals surface area contributed by atoms with Gasteiger partial charge in [-0.15, -0.1) is 0 Å². The van der Waals surface area contributed by atoms with E-state index in [1.54, 1.807) is 7.11 Å². The SMILES string of the molecule is COc1ccc([C@H]2C[C@H](NCc3ccc(C(F)(F)F)cc3)C[C@@H]2C(=O)N2CCOCC2)cc1. The molecule has 2 aromatic carbocycles. The summed E-state index contributed by atoms with van der Waals surface area (Å²) in [4.78, 5) is 15.3. The topological polar surface area (TPSA) is 50.8 Å². The molecule has 0 bridgehead atoms. The number of hydrogen-bond acceptors (Lipinski definition) is 4. The van der Waals surface area contributed by atoms with E-state index in [1.807, 2.05) is 29.2 Å². The number of methoxy groups -OCH3 is 1. The molecular weight excluding hydrogens is 433 g/mol. The zero-order chi connectivity index (χ0) is 23.4. The van der Waals surface area contributed by atoms with Gasteiger partial charge in [-0.25, -0.2) is 0 Å². The van der Waals surface area contributed by atoms with E-state index in [-0.39, 0.29) is 23.8 Å². The molecule has 33 heavy (non-hydrogen) atoms. The lowest BCUT2D eigenvalue weighted by atomic mass is 9.88. The van der Waals surface area contributed by atoms with Crippen LogP contribution in [0.2, 0.25) is 0 Å². The number of morpholine rings is 1. The van der Waals surface area contributed by atoms with Gasteiger partial charge in [0.2, 0.25) is 5.91 Å². The molecule has 1 heterocycles. The number of halogens is 3. The largest absolute Gasteiger partial charge is 0.497 e. The molecule has 0 unspecified atom stereocenters. The van der Waals surface area contributed by atoms with Crippen molar-refractivity contribution in [3.05, 3.63) is 65.2 Å². The number of hydrogen-bond donors (Lipinski definition) is 1. The van der Waals surface area contributed by atoms with Gasteiger partial charge in [0.05, 0.1) is 25.9 Å². The molecule has 1 aliphatic heterocycles. The Kier molecular flexibility index (Phi) is 7.24. The second-order valence-corrected chi connectivity index (χ2v) is 8.67.